The Hall–Kier alpha value is 0.320. The highest BCUT2D eigenvalue weighted by molar-refractivity contribution is 9.13. The van der Waals surface area contributed by atoms with Crippen LogP contribution in [0.15, 0.2) is 31.2 Å². The van der Waals surface area contributed by atoms with E-state index in [0.29, 0.717) is 0 Å². The minimum absolute atomic E-state index is 0.00569. The third-order valence-corrected chi connectivity index (χ3v) is 5.91. The maximum atomic E-state index is 6.12. The van der Waals surface area contributed by atoms with Crippen molar-refractivity contribution in [1.82, 2.24) is 0 Å². The number of nitrogens with two attached hydrogens (primary N) is 1. The Morgan fingerprint density at radius 1 is 1.36 bits per heavy atom. The summed E-state index contributed by atoms with van der Waals surface area (Å²) in [6.45, 7) is 0. The average molecular weight is 353 g/mol. The molecule has 0 fully saturated rings. The first-order valence-electron chi connectivity index (χ1n) is 3.91. The average Bonchev–Trinajstić information content (AvgIpc) is 2.76. The second-order valence-corrected chi connectivity index (χ2v) is 6.84. The maximum Gasteiger partial charge on any atom is 0.0843 e. The molecule has 0 aromatic carbocycles. The first-order valence-corrected chi connectivity index (χ1v) is 7.25. The van der Waals surface area contributed by atoms with Gasteiger partial charge in [0.05, 0.1) is 9.83 Å². The van der Waals surface area contributed by atoms with Crippen molar-refractivity contribution in [2.24, 2.45) is 5.73 Å². The van der Waals surface area contributed by atoms with Crippen LogP contribution in [0.2, 0.25) is 0 Å². The van der Waals surface area contributed by atoms with E-state index >= 15 is 0 Å². The zero-order valence-electron chi connectivity index (χ0n) is 7.04. The lowest BCUT2D eigenvalue weighted by molar-refractivity contribution is 0.899. The molecular weight excluding hydrogens is 346 g/mol. The highest BCUT2D eigenvalue weighted by Crippen LogP contribution is 2.36. The van der Waals surface area contributed by atoms with Gasteiger partial charge in [-0.05, 0) is 60.3 Å². The number of hydrogen-bond donors (Lipinski definition) is 1. The number of hydrogen-bond acceptors (Lipinski definition) is 3. The first kappa shape index (κ1) is 10.8. The zero-order valence-corrected chi connectivity index (χ0v) is 11.8. The van der Waals surface area contributed by atoms with Crippen molar-refractivity contribution >= 4 is 54.5 Å². The number of rotatable bonds is 2. The molecule has 1 atom stereocenters. The normalized spacial score (nSPS) is 13.1. The summed E-state index contributed by atoms with van der Waals surface area (Å²) in [5, 5.41) is 4.14. The Bertz CT molecular complexity index is 402. The van der Waals surface area contributed by atoms with Crippen molar-refractivity contribution in [1.29, 1.82) is 0 Å². The van der Waals surface area contributed by atoms with Crippen LogP contribution in [0.3, 0.4) is 0 Å². The molecule has 0 aliphatic rings. The van der Waals surface area contributed by atoms with Gasteiger partial charge in [-0.3, -0.25) is 0 Å². The maximum absolute atomic E-state index is 6.12. The van der Waals surface area contributed by atoms with Gasteiger partial charge in [0, 0.05) is 9.35 Å². The van der Waals surface area contributed by atoms with Crippen molar-refractivity contribution in [3.8, 4) is 0 Å². The van der Waals surface area contributed by atoms with Gasteiger partial charge in [-0.1, -0.05) is 0 Å². The van der Waals surface area contributed by atoms with Gasteiger partial charge >= 0.3 is 0 Å². The smallest absolute Gasteiger partial charge is 0.0843 e. The lowest BCUT2D eigenvalue weighted by Crippen LogP contribution is -2.08. The molecule has 2 N–H and O–H groups in total. The van der Waals surface area contributed by atoms with Gasteiger partial charge in [-0.15, -0.1) is 11.3 Å². The van der Waals surface area contributed by atoms with Crippen molar-refractivity contribution < 1.29 is 0 Å². The van der Waals surface area contributed by atoms with E-state index in [1.807, 2.05) is 5.38 Å². The Labute approximate surface area is 107 Å². The van der Waals surface area contributed by atoms with Crippen molar-refractivity contribution in [2.75, 3.05) is 0 Å². The summed E-state index contributed by atoms with van der Waals surface area (Å²) in [6, 6.07) is 4.13. The van der Waals surface area contributed by atoms with E-state index < -0.39 is 0 Å². The summed E-state index contributed by atoms with van der Waals surface area (Å²) in [6.07, 6.45) is 0. The summed E-state index contributed by atoms with van der Waals surface area (Å²) in [5.41, 5.74) is 7.30. The van der Waals surface area contributed by atoms with Gasteiger partial charge in [0.2, 0.25) is 0 Å². The molecule has 2 aromatic rings. The van der Waals surface area contributed by atoms with Gasteiger partial charge in [0.15, 0.2) is 0 Å². The van der Waals surface area contributed by atoms with Crippen LogP contribution in [0.5, 0.6) is 0 Å². The number of thiophene rings is 2. The topological polar surface area (TPSA) is 26.0 Å². The molecule has 0 aliphatic heterocycles. The standard InChI is InChI=1S/C9H7Br2NS2/c10-6-3-7(14-9(6)11)8(12)5-1-2-13-4-5/h1-4,8H,12H2/t8-/m0/s1. The van der Waals surface area contributed by atoms with Crippen LogP contribution in [-0.2, 0) is 0 Å². The monoisotopic (exact) mass is 351 g/mol. The van der Waals surface area contributed by atoms with E-state index in [1.165, 1.54) is 10.4 Å². The largest absolute Gasteiger partial charge is 0.320 e. The quantitative estimate of drug-likeness (QED) is 0.852. The molecule has 2 rings (SSSR count). The number of halogens is 2. The molecule has 0 saturated carbocycles. The fraction of sp³-hybridized carbons (Fsp3) is 0.111. The Morgan fingerprint density at radius 3 is 2.64 bits per heavy atom. The predicted octanol–water partition coefficient (Wildman–Crippen LogP) is 4.38. The van der Waals surface area contributed by atoms with Crippen LogP contribution >= 0.6 is 54.5 Å². The lowest BCUT2D eigenvalue weighted by atomic mass is 10.1. The Kier molecular flexibility index (Phi) is 3.44. The second kappa shape index (κ2) is 4.45. The second-order valence-electron chi connectivity index (χ2n) is 2.80. The van der Waals surface area contributed by atoms with Crippen LogP contribution in [0.4, 0.5) is 0 Å². The molecule has 2 aromatic heterocycles. The van der Waals surface area contributed by atoms with Gasteiger partial charge < -0.3 is 5.73 Å². The predicted molar refractivity (Wildman–Crippen MR) is 70.1 cm³/mol. The van der Waals surface area contributed by atoms with E-state index in [0.717, 1.165) is 8.26 Å². The molecule has 0 spiro atoms. The van der Waals surface area contributed by atoms with Crippen LogP contribution in [-0.4, -0.2) is 0 Å². The summed E-state index contributed by atoms with van der Waals surface area (Å²) < 4.78 is 2.17. The highest BCUT2D eigenvalue weighted by Gasteiger charge is 2.13. The summed E-state index contributed by atoms with van der Waals surface area (Å²) in [7, 11) is 0. The molecule has 74 valence electrons. The Balaban J connectivity index is 2.32. The molecule has 0 radical (unpaired) electrons. The van der Waals surface area contributed by atoms with E-state index in [9.17, 15) is 0 Å². The Morgan fingerprint density at radius 2 is 2.14 bits per heavy atom. The molecule has 2 heterocycles. The molecular formula is C9H7Br2NS2. The molecule has 14 heavy (non-hydrogen) atoms. The molecule has 0 bridgehead atoms. The molecule has 0 saturated heterocycles. The highest BCUT2D eigenvalue weighted by atomic mass is 79.9. The van der Waals surface area contributed by atoms with E-state index in [1.54, 1.807) is 22.7 Å². The fourth-order valence-corrected chi connectivity index (χ4v) is 3.95. The van der Waals surface area contributed by atoms with Gasteiger partial charge in [0.25, 0.3) is 0 Å². The summed E-state index contributed by atoms with van der Waals surface area (Å²) in [5.74, 6) is 0. The molecule has 0 unspecified atom stereocenters. The van der Waals surface area contributed by atoms with Crippen molar-refractivity contribution in [3.63, 3.8) is 0 Å². The van der Waals surface area contributed by atoms with Gasteiger partial charge in [0.1, 0.15) is 0 Å². The molecule has 5 heteroatoms. The molecule has 1 nitrogen and oxygen atoms in total. The zero-order chi connectivity index (χ0) is 10.1. The van der Waals surface area contributed by atoms with Crippen LogP contribution in [0.1, 0.15) is 16.5 Å². The van der Waals surface area contributed by atoms with E-state index in [4.69, 9.17) is 5.73 Å². The van der Waals surface area contributed by atoms with Crippen LogP contribution < -0.4 is 5.73 Å². The first-order chi connectivity index (χ1) is 6.68. The SMILES string of the molecule is N[C@@H](c1ccsc1)c1cc(Br)c(Br)s1. The third-order valence-electron chi connectivity index (χ3n) is 1.87. The van der Waals surface area contributed by atoms with Crippen LogP contribution in [0.25, 0.3) is 0 Å². The van der Waals surface area contributed by atoms with Gasteiger partial charge in [-0.25, -0.2) is 0 Å². The van der Waals surface area contributed by atoms with Crippen molar-refractivity contribution in [2.45, 2.75) is 6.04 Å². The fourth-order valence-electron chi connectivity index (χ4n) is 1.13. The minimum atomic E-state index is -0.00569. The summed E-state index contributed by atoms with van der Waals surface area (Å²) in [4.78, 5) is 1.17. The van der Waals surface area contributed by atoms with E-state index in [-0.39, 0.29) is 6.04 Å². The van der Waals surface area contributed by atoms with Crippen molar-refractivity contribution in [3.05, 3.63) is 41.6 Å². The minimum Gasteiger partial charge on any atom is -0.320 e. The summed E-state index contributed by atoms with van der Waals surface area (Å²) >= 11 is 10.3. The lowest BCUT2D eigenvalue weighted by Gasteiger charge is -2.05. The molecule has 0 aliphatic carbocycles. The molecule has 0 amide bonds. The van der Waals surface area contributed by atoms with E-state index in [2.05, 4.69) is 49.4 Å². The van der Waals surface area contributed by atoms with Crippen LogP contribution in [0, 0.1) is 0 Å². The third kappa shape index (κ3) is 2.12. The van der Waals surface area contributed by atoms with Gasteiger partial charge in [-0.2, -0.15) is 11.3 Å².